The molecule has 0 aliphatic carbocycles. The van der Waals surface area contributed by atoms with Gasteiger partial charge in [0.15, 0.2) is 0 Å². The molecule has 0 radical (unpaired) electrons. The molecule has 0 spiro atoms. The zero-order valence-corrected chi connectivity index (χ0v) is 13.5. The summed E-state index contributed by atoms with van der Waals surface area (Å²) in [6.07, 6.45) is 2.12. The van der Waals surface area contributed by atoms with E-state index < -0.39 is 6.10 Å². The number of halogens is 1. The highest BCUT2D eigenvalue weighted by molar-refractivity contribution is 7.16. The zero-order valence-electron chi connectivity index (χ0n) is 12.0. The van der Waals surface area contributed by atoms with Gasteiger partial charge < -0.3 is 5.11 Å². The summed E-state index contributed by atoms with van der Waals surface area (Å²) in [6.45, 7) is 4.31. The van der Waals surface area contributed by atoms with Gasteiger partial charge in [0.05, 0.1) is 10.4 Å². The fourth-order valence-corrected chi connectivity index (χ4v) is 4.06. The lowest BCUT2D eigenvalue weighted by atomic mass is 9.70. The molecule has 1 heterocycles. The molecule has 1 unspecified atom stereocenters. The van der Waals surface area contributed by atoms with E-state index in [0.717, 1.165) is 22.1 Å². The SMILES string of the molecule is CCC(CC)(c1ccccc1)C(O)Cc1ccc(Cl)s1. The van der Waals surface area contributed by atoms with Gasteiger partial charge in [0.25, 0.3) is 0 Å². The predicted octanol–water partition coefficient (Wildman–Crippen LogP) is 5.06. The monoisotopic (exact) mass is 308 g/mol. The molecule has 108 valence electrons. The van der Waals surface area contributed by atoms with E-state index in [1.807, 2.05) is 30.3 Å². The standard InChI is InChI=1S/C17H21ClOS/c1-3-17(4-2,13-8-6-5-7-9-13)15(19)12-14-10-11-16(18)20-14/h5-11,15,19H,3-4,12H2,1-2H3. The van der Waals surface area contributed by atoms with E-state index in [1.54, 1.807) is 11.3 Å². The highest BCUT2D eigenvalue weighted by Gasteiger charge is 2.36. The lowest BCUT2D eigenvalue weighted by Crippen LogP contribution is -2.39. The fourth-order valence-electron chi connectivity index (χ4n) is 2.94. The molecule has 20 heavy (non-hydrogen) atoms. The minimum Gasteiger partial charge on any atom is -0.392 e. The number of hydrogen-bond donors (Lipinski definition) is 1. The smallest absolute Gasteiger partial charge is 0.0931 e. The Morgan fingerprint density at radius 1 is 1.10 bits per heavy atom. The van der Waals surface area contributed by atoms with Gasteiger partial charge in [-0.25, -0.2) is 0 Å². The van der Waals surface area contributed by atoms with Crippen molar-refractivity contribution in [2.75, 3.05) is 0 Å². The van der Waals surface area contributed by atoms with Crippen LogP contribution in [0.5, 0.6) is 0 Å². The van der Waals surface area contributed by atoms with Crippen LogP contribution in [0.2, 0.25) is 4.34 Å². The molecule has 2 rings (SSSR count). The summed E-state index contributed by atoms with van der Waals surface area (Å²) in [5.74, 6) is 0. The lowest BCUT2D eigenvalue weighted by Gasteiger charge is -2.37. The normalized spacial score (nSPS) is 13.4. The fraction of sp³-hybridized carbons (Fsp3) is 0.412. The van der Waals surface area contributed by atoms with E-state index in [-0.39, 0.29) is 5.41 Å². The summed E-state index contributed by atoms with van der Waals surface area (Å²) >= 11 is 7.53. The van der Waals surface area contributed by atoms with E-state index in [9.17, 15) is 5.11 Å². The molecular weight excluding hydrogens is 288 g/mol. The van der Waals surface area contributed by atoms with Crippen molar-refractivity contribution in [3.05, 3.63) is 57.2 Å². The first-order chi connectivity index (χ1) is 9.62. The van der Waals surface area contributed by atoms with Gasteiger partial charge in [0, 0.05) is 16.7 Å². The minimum absolute atomic E-state index is 0.183. The van der Waals surface area contributed by atoms with Gasteiger partial charge in [-0.15, -0.1) is 11.3 Å². The van der Waals surface area contributed by atoms with Crippen LogP contribution in [0.3, 0.4) is 0 Å². The Hall–Kier alpha value is -0.830. The molecule has 0 aliphatic rings. The van der Waals surface area contributed by atoms with Crippen molar-refractivity contribution in [1.29, 1.82) is 0 Å². The molecule has 1 atom stereocenters. The molecular formula is C17H21ClOS. The van der Waals surface area contributed by atoms with E-state index in [4.69, 9.17) is 11.6 Å². The lowest BCUT2D eigenvalue weighted by molar-refractivity contribution is 0.0740. The largest absolute Gasteiger partial charge is 0.392 e. The maximum atomic E-state index is 10.8. The summed E-state index contributed by atoms with van der Waals surface area (Å²) in [7, 11) is 0. The van der Waals surface area contributed by atoms with Crippen molar-refractivity contribution in [3.63, 3.8) is 0 Å². The van der Waals surface area contributed by atoms with Crippen molar-refractivity contribution in [1.82, 2.24) is 0 Å². The Bertz CT molecular complexity index is 531. The number of benzene rings is 1. The van der Waals surface area contributed by atoms with Crippen LogP contribution >= 0.6 is 22.9 Å². The highest BCUT2D eigenvalue weighted by atomic mass is 35.5. The quantitative estimate of drug-likeness (QED) is 0.790. The van der Waals surface area contributed by atoms with E-state index in [2.05, 4.69) is 26.0 Å². The first-order valence-electron chi connectivity index (χ1n) is 7.10. The average Bonchev–Trinajstić information content (AvgIpc) is 2.87. The minimum atomic E-state index is -0.394. The van der Waals surface area contributed by atoms with Crippen molar-refractivity contribution in [2.24, 2.45) is 0 Å². The molecule has 0 saturated carbocycles. The molecule has 0 fully saturated rings. The number of aliphatic hydroxyl groups excluding tert-OH is 1. The van der Waals surface area contributed by atoms with Crippen molar-refractivity contribution in [2.45, 2.75) is 44.6 Å². The van der Waals surface area contributed by atoms with Crippen molar-refractivity contribution >= 4 is 22.9 Å². The van der Waals surface area contributed by atoms with Crippen LogP contribution < -0.4 is 0 Å². The molecule has 3 heteroatoms. The Balaban J connectivity index is 2.28. The van der Waals surface area contributed by atoms with Crippen LogP contribution in [0.1, 0.15) is 37.1 Å². The Labute approximate surface area is 130 Å². The number of hydrogen-bond acceptors (Lipinski definition) is 2. The maximum absolute atomic E-state index is 10.8. The maximum Gasteiger partial charge on any atom is 0.0931 e. The summed E-state index contributed by atoms with van der Waals surface area (Å²) in [4.78, 5) is 1.14. The van der Waals surface area contributed by atoms with Crippen LogP contribution in [0.4, 0.5) is 0 Å². The van der Waals surface area contributed by atoms with E-state index >= 15 is 0 Å². The Morgan fingerprint density at radius 3 is 2.25 bits per heavy atom. The number of aliphatic hydroxyl groups is 1. The summed E-state index contributed by atoms with van der Waals surface area (Å²) in [5.41, 5.74) is 1.04. The van der Waals surface area contributed by atoms with Gasteiger partial charge >= 0.3 is 0 Å². The third-order valence-corrected chi connectivity index (χ3v) is 5.53. The summed E-state index contributed by atoms with van der Waals surface area (Å²) in [6, 6.07) is 14.3. The first-order valence-corrected chi connectivity index (χ1v) is 8.29. The van der Waals surface area contributed by atoms with Gasteiger partial charge in [-0.05, 0) is 30.5 Å². The zero-order chi connectivity index (χ0) is 14.6. The van der Waals surface area contributed by atoms with Gasteiger partial charge in [-0.2, -0.15) is 0 Å². The number of thiophene rings is 1. The van der Waals surface area contributed by atoms with E-state index in [1.165, 1.54) is 5.56 Å². The van der Waals surface area contributed by atoms with Gasteiger partial charge in [0.1, 0.15) is 0 Å². The van der Waals surface area contributed by atoms with Crippen LogP contribution in [0.15, 0.2) is 42.5 Å². The Kier molecular flexibility index (Phi) is 5.25. The van der Waals surface area contributed by atoms with E-state index in [0.29, 0.717) is 6.42 Å². The summed E-state index contributed by atoms with van der Waals surface area (Å²) in [5, 5.41) is 10.8. The molecule has 0 amide bonds. The molecule has 0 aliphatic heterocycles. The summed E-state index contributed by atoms with van der Waals surface area (Å²) < 4.78 is 0.783. The van der Waals surface area contributed by atoms with Gasteiger partial charge in [0.2, 0.25) is 0 Å². The second kappa shape index (κ2) is 6.75. The topological polar surface area (TPSA) is 20.2 Å². The Morgan fingerprint density at radius 2 is 1.75 bits per heavy atom. The van der Waals surface area contributed by atoms with Crippen molar-refractivity contribution in [3.8, 4) is 0 Å². The molecule has 1 aromatic heterocycles. The molecule has 1 aromatic carbocycles. The predicted molar refractivity (Wildman–Crippen MR) is 87.7 cm³/mol. The molecule has 1 N–H and O–H groups in total. The van der Waals surface area contributed by atoms with Crippen LogP contribution in [-0.4, -0.2) is 11.2 Å². The van der Waals surface area contributed by atoms with Crippen LogP contribution in [0, 0.1) is 0 Å². The third kappa shape index (κ3) is 3.08. The average molecular weight is 309 g/mol. The molecule has 0 bridgehead atoms. The molecule has 1 nitrogen and oxygen atoms in total. The number of rotatable bonds is 6. The molecule has 2 aromatic rings. The second-order valence-corrected chi connectivity index (χ2v) is 6.95. The highest BCUT2D eigenvalue weighted by Crippen LogP contribution is 2.37. The van der Waals surface area contributed by atoms with Gasteiger partial charge in [-0.3, -0.25) is 0 Å². The van der Waals surface area contributed by atoms with Crippen LogP contribution in [0.25, 0.3) is 0 Å². The first kappa shape index (κ1) is 15.6. The molecule has 0 saturated heterocycles. The van der Waals surface area contributed by atoms with Crippen molar-refractivity contribution < 1.29 is 5.11 Å². The third-order valence-electron chi connectivity index (χ3n) is 4.27. The van der Waals surface area contributed by atoms with Gasteiger partial charge in [-0.1, -0.05) is 55.8 Å². The second-order valence-electron chi connectivity index (χ2n) is 5.16. The van der Waals surface area contributed by atoms with Crippen LogP contribution in [-0.2, 0) is 11.8 Å².